The first-order valence-electron chi connectivity index (χ1n) is 12.5. The Balaban J connectivity index is 1.34. The Labute approximate surface area is 238 Å². The summed E-state index contributed by atoms with van der Waals surface area (Å²) in [4.78, 5) is 22.1. The molecule has 9 nitrogen and oxygen atoms in total. The Kier molecular flexibility index (Phi) is 6.93. The van der Waals surface area contributed by atoms with E-state index in [1.807, 2.05) is 28.9 Å². The van der Waals surface area contributed by atoms with Gasteiger partial charge in [0.15, 0.2) is 9.84 Å². The molecule has 0 atom stereocenters. The van der Waals surface area contributed by atoms with Crippen molar-refractivity contribution >= 4 is 32.7 Å². The zero-order chi connectivity index (χ0) is 28.6. The van der Waals surface area contributed by atoms with Crippen LogP contribution in [-0.2, 0) is 29.2 Å². The molecular weight excluding hydrogens is 563 g/mol. The van der Waals surface area contributed by atoms with Crippen molar-refractivity contribution in [3.8, 4) is 21.8 Å². The number of halogens is 1. The van der Waals surface area contributed by atoms with Crippen LogP contribution in [0.5, 0.6) is 0 Å². The molecule has 4 aromatic heterocycles. The van der Waals surface area contributed by atoms with Gasteiger partial charge < -0.3 is 9.72 Å². The summed E-state index contributed by atoms with van der Waals surface area (Å²) in [6.45, 7) is 0.267. The molecule has 2 aromatic carbocycles. The second-order valence-electron chi connectivity index (χ2n) is 9.41. The highest BCUT2D eigenvalue weighted by molar-refractivity contribution is 7.90. The van der Waals surface area contributed by atoms with Gasteiger partial charge in [0.25, 0.3) is 5.91 Å². The van der Waals surface area contributed by atoms with E-state index in [0.29, 0.717) is 27.5 Å². The van der Waals surface area contributed by atoms with Crippen molar-refractivity contribution in [2.24, 2.45) is 7.05 Å². The first-order chi connectivity index (χ1) is 19.7. The topological polar surface area (TPSA) is 111 Å². The number of thiazole rings is 1. The highest BCUT2D eigenvalue weighted by atomic mass is 32.2. The van der Waals surface area contributed by atoms with Crippen LogP contribution in [0, 0.1) is 5.82 Å². The number of sulfone groups is 1. The Hall–Kier alpha value is -4.68. The van der Waals surface area contributed by atoms with Gasteiger partial charge in [-0.2, -0.15) is 5.10 Å². The van der Waals surface area contributed by atoms with Gasteiger partial charge >= 0.3 is 0 Å². The molecule has 0 aliphatic rings. The number of rotatable bonds is 8. The van der Waals surface area contributed by atoms with Crippen LogP contribution in [0.3, 0.4) is 0 Å². The van der Waals surface area contributed by atoms with Crippen LogP contribution >= 0.6 is 11.3 Å². The van der Waals surface area contributed by atoms with E-state index in [1.165, 1.54) is 35.6 Å². The second kappa shape index (κ2) is 10.7. The van der Waals surface area contributed by atoms with E-state index in [2.05, 4.69) is 20.4 Å². The molecule has 1 amide bonds. The number of amides is 1. The van der Waals surface area contributed by atoms with Crippen molar-refractivity contribution in [1.82, 2.24) is 29.5 Å². The minimum atomic E-state index is -3.85. The van der Waals surface area contributed by atoms with E-state index in [9.17, 15) is 17.6 Å². The molecule has 12 heteroatoms. The second-order valence-corrected chi connectivity index (χ2v) is 12.2. The van der Waals surface area contributed by atoms with Crippen molar-refractivity contribution in [1.29, 1.82) is 0 Å². The predicted octanol–water partition coefficient (Wildman–Crippen LogP) is 4.90. The van der Waals surface area contributed by atoms with Gasteiger partial charge in [-0.25, -0.2) is 22.8 Å². The van der Waals surface area contributed by atoms with Crippen LogP contribution in [0.4, 0.5) is 4.39 Å². The van der Waals surface area contributed by atoms with Crippen LogP contribution in [-0.4, -0.2) is 38.5 Å². The molecule has 1 N–H and O–H groups in total. The van der Waals surface area contributed by atoms with Gasteiger partial charge in [-0.3, -0.25) is 9.48 Å². The summed E-state index contributed by atoms with van der Waals surface area (Å²) in [5.74, 6) is -1.03. The highest BCUT2D eigenvalue weighted by Gasteiger charge is 2.24. The SMILES string of the molecule is Cn1ccc(CS(=O)(=O)c2ccc(C(=O)NCc3ccn4ccnc4c3)cc2-c2nc(-c3ccc(F)cc3)cs2)n1. The van der Waals surface area contributed by atoms with Gasteiger partial charge in [0.05, 0.1) is 22.0 Å². The number of carbonyl (C=O) groups excluding carboxylic acids is 1. The molecule has 0 unspecified atom stereocenters. The Bertz CT molecular complexity index is 1990. The van der Waals surface area contributed by atoms with Crippen LogP contribution in [0.15, 0.2) is 95.7 Å². The van der Waals surface area contributed by atoms with Crippen molar-refractivity contribution < 1.29 is 17.6 Å². The van der Waals surface area contributed by atoms with Gasteiger partial charge in [-0.15, -0.1) is 11.3 Å². The summed E-state index contributed by atoms with van der Waals surface area (Å²) >= 11 is 1.24. The van der Waals surface area contributed by atoms with E-state index < -0.39 is 9.84 Å². The first-order valence-corrected chi connectivity index (χ1v) is 15.1. The summed E-state index contributed by atoms with van der Waals surface area (Å²) in [6, 6.07) is 15.8. The van der Waals surface area contributed by atoms with E-state index in [1.54, 1.807) is 53.8 Å². The van der Waals surface area contributed by atoms with Gasteiger partial charge in [-0.1, -0.05) is 0 Å². The summed E-state index contributed by atoms with van der Waals surface area (Å²) < 4.78 is 44.0. The minimum absolute atomic E-state index is 0.0458. The summed E-state index contributed by atoms with van der Waals surface area (Å²) in [5, 5.41) is 9.30. The maximum atomic E-state index is 13.6. The summed E-state index contributed by atoms with van der Waals surface area (Å²) in [6.07, 6.45) is 7.08. The fourth-order valence-electron chi connectivity index (χ4n) is 4.42. The largest absolute Gasteiger partial charge is 0.348 e. The molecule has 4 heterocycles. The van der Waals surface area contributed by atoms with Crippen LogP contribution in [0.2, 0.25) is 0 Å². The van der Waals surface area contributed by atoms with Gasteiger partial charge in [0.1, 0.15) is 16.5 Å². The molecule has 41 heavy (non-hydrogen) atoms. The average molecular weight is 587 g/mol. The number of hydrogen-bond donors (Lipinski definition) is 1. The molecule has 0 saturated carbocycles. The molecule has 0 radical (unpaired) electrons. The number of aryl methyl sites for hydroxylation is 1. The number of imidazole rings is 1. The molecule has 6 aromatic rings. The standard InChI is InChI=1S/C29H23FN6O3S2/c1-35-11-9-23(34-35)18-41(38,39)26-7-4-21(28(37)32-16-19-8-12-36-13-10-31-27(36)14-19)15-24(26)29-33-25(17-40-29)20-2-5-22(30)6-3-20/h2-15,17H,16,18H2,1H3,(H,32,37). The first kappa shape index (κ1) is 26.5. The predicted molar refractivity (Wildman–Crippen MR) is 153 cm³/mol. The summed E-state index contributed by atoms with van der Waals surface area (Å²) in [7, 11) is -2.14. The lowest BCUT2D eigenvalue weighted by Crippen LogP contribution is -2.23. The maximum Gasteiger partial charge on any atom is 0.251 e. The monoisotopic (exact) mass is 586 g/mol. The molecule has 0 fully saturated rings. The lowest BCUT2D eigenvalue weighted by molar-refractivity contribution is 0.0951. The Morgan fingerprint density at radius 3 is 2.63 bits per heavy atom. The van der Waals surface area contributed by atoms with Gasteiger partial charge in [0, 0.05) is 60.5 Å². The number of hydrogen-bond acceptors (Lipinski definition) is 7. The molecule has 0 aliphatic carbocycles. The van der Waals surface area contributed by atoms with Crippen molar-refractivity contribution in [3.63, 3.8) is 0 Å². The molecule has 206 valence electrons. The molecule has 6 rings (SSSR count). The smallest absolute Gasteiger partial charge is 0.251 e. The number of fused-ring (bicyclic) bond motifs is 1. The zero-order valence-electron chi connectivity index (χ0n) is 21.7. The van der Waals surface area contributed by atoms with E-state index in [-0.39, 0.29) is 34.5 Å². The number of carbonyl (C=O) groups is 1. The number of pyridine rings is 1. The van der Waals surface area contributed by atoms with Crippen LogP contribution in [0.1, 0.15) is 21.6 Å². The number of nitrogens with zero attached hydrogens (tertiary/aromatic N) is 5. The Morgan fingerprint density at radius 1 is 1.02 bits per heavy atom. The fourth-order valence-corrected chi connectivity index (χ4v) is 6.81. The molecular formula is C29H23FN6O3S2. The zero-order valence-corrected chi connectivity index (χ0v) is 23.4. The van der Waals surface area contributed by atoms with E-state index in [4.69, 9.17) is 0 Å². The molecule has 0 aliphatic heterocycles. The lowest BCUT2D eigenvalue weighted by atomic mass is 10.1. The number of nitrogens with one attached hydrogen (secondary N) is 1. The van der Waals surface area contributed by atoms with Gasteiger partial charge in [0.2, 0.25) is 0 Å². The third kappa shape index (κ3) is 5.65. The average Bonchev–Trinajstić information content (AvgIpc) is 3.73. The highest BCUT2D eigenvalue weighted by Crippen LogP contribution is 2.35. The normalized spacial score (nSPS) is 11.7. The van der Waals surface area contributed by atoms with E-state index >= 15 is 0 Å². The molecule has 0 spiro atoms. The number of benzene rings is 2. The molecule has 0 bridgehead atoms. The lowest BCUT2D eigenvalue weighted by Gasteiger charge is -2.11. The minimum Gasteiger partial charge on any atom is -0.348 e. The van der Waals surface area contributed by atoms with Gasteiger partial charge in [-0.05, 0) is 66.2 Å². The molecule has 0 saturated heterocycles. The third-order valence-corrected chi connectivity index (χ3v) is 9.05. The fraction of sp³-hybridized carbons (Fsp3) is 0.103. The Morgan fingerprint density at radius 2 is 1.85 bits per heavy atom. The van der Waals surface area contributed by atoms with Crippen LogP contribution < -0.4 is 5.32 Å². The maximum absolute atomic E-state index is 13.6. The quantitative estimate of drug-likeness (QED) is 0.272. The van der Waals surface area contributed by atoms with E-state index in [0.717, 1.165) is 11.2 Å². The van der Waals surface area contributed by atoms with Crippen molar-refractivity contribution in [2.45, 2.75) is 17.2 Å². The van der Waals surface area contributed by atoms with Crippen molar-refractivity contribution in [2.75, 3.05) is 0 Å². The third-order valence-electron chi connectivity index (χ3n) is 6.47. The number of aromatic nitrogens is 5. The van der Waals surface area contributed by atoms with Crippen molar-refractivity contribution in [3.05, 3.63) is 113 Å². The summed E-state index contributed by atoms with van der Waals surface area (Å²) in [5.41, 5.74) is 3.90. The van der Waals surface area contributed by atoms with Crippen LogP contribution in [0.25, 0.3) is 27.5 Å².